The summed E-state index contributed by atoms with van der Waals surface area (Å²) < 4.78 is 43.1. The molecule has 158 valence electrons. The molecule has 8 heteroatoms. The molecule has 0 spiro atoms. The van der Waals surface area contributed by atoms with E-state index in [0.717, 1.165) is 55.2 Å². The largest absolute Gasteiger partial charge is 0.323 e. The summed E-state index contributed by atoms with van der Waals surface area (Å²) >= 11 is 0. The highest BCUT2D eigenvalue weighted by atomic mass is 32.2. The number of hydrogen-bond donors (Lipinski definition) is 2. The van der Waals surface area contributed by atoms with Gasteiger partial charge in [0.2, 0.25) is 0 Å². The van der Waals surface area contributed by atoms with Gasteiger partial charge in [-0.15, -0.1) is 0 Å². The summed E-state index contributed by atoms with van der Waals surface area (Å²) in [5, 5.41) is 0. The summed E-state index contributed by atoms with van der Waals surface area (Å²) in [7, 11) is -3.80. The number of rotatable bonds is 5. The highest BCUT2D eigenvalue weighted by Gasteiger charge is 2.23. The minimum Gasteiger partial charge on any atom is -0.323 e. The molecule has 2 heterocycles. The predicted molar refractivity (Wildman–Crippen MR) is 117 cm³/mol. The van der Waals surface area contributed by atoms with Gasteiger partial charge in [-0.25, -0.2) is 17.8 Å². The summed E-state index contributed by atoms with van der Waals surface area (Å²) in [5.74, 6) is 0.526. The molecule has 0 fully saturated rings. The van der Waals surface area contributed by atoms with Gasteiger partial charge in [0.25, 0.3) is 10.0 Å². The Hall–Kier alpha value is -3.23. The van der Waals surface area contributed by atoms with Crippen molar-refractivity contribution in [2.75, 3.05) is 11.3 Å². The van der Waals surface area contributed by atoms with E-state index in [-0.39, 0.29) is 4.90 Å². The van der Waals surface area contributed by atoms with Crippen LogP contribution in [0.5, 0.6) is 0 Å². The molecule has 3 aromatic carbocycles. The van der Waals surface area contributed by atoms with E-state index in [1.807, 2.05) is 12.1 Å². The molecule has 0 aliphatic carbocycles. The molecule has 1 aromatic heterocycles. The fraction of sp³-hybridized carbons (Fsp3) is 0.174. The van der Waals surface area contributed by atoms with Crippen LogP contribution in [0.3, 0.4) is 0 Å². The van der Waals surface area contributed by atoms with Gasteiger partial charge in [0, 0.05) is 5.56 Å². The van der Waals surface area contributed by atoms with Crippen molar-refractivity contribution in [3.05, 3.63) is 90.0 Å². The van der Waals surface area contributed by atoms with Crippen molar-refractivity contribution in [3.63, 3.8) is 0 Å². The normalized spacial score (nSPS) is 16.2. The third-order valence-corrected chi connectivity index (χ3v) is 6.99. The number of imidazole rings is 1. The average Bonchev–Trinajstić information content (AvgIpc) is 3.11. The number of hydrogen-bond acceptors (Lipinski definition) is 3. The minimum atomic E-state index is -3.80. The van der Waals surface area contributed by atoms with Gasteiger partial charge in [-0.2, -0.15) is 0 Å². The maximum absolute atomic E-state index is 13.1. The van der Waals surface area contributed by atoms with E-state index in [4.69, 9.17) is 4.98 Å². The number of benzene rings is 3. The molecule has 31 heavy (non-hydrogen) atoms. The van der Waals surface area contributed by atoms with Crippen molar-refractivity contribution in [2.45, 2.75) is 24.5 Å². The molecule has 1 aliphatic rings. The van der Waals surface area contributed by atoms with Crippen LogP contribution in [0.15, 0.2) is 77.7 Å². The second kappa shape index (κ2) is 7.79. The van der Waals surface area contributed by atoms with E-state index in [9.17, 15) is 12.8 Å². The number of sulfonamides is 1. The van der Waals surface area contributed by atoms with Crippen LogP contribution in [0.1, 0.15) is 11.4 Å². The Morgan fingerprint density at radius 1 is 1.03 bits per heavy atom. The van der Waals surface area contributed by atoms with Gasteiger partial charge in [0.05, 0.1) is 34.7 Å². The van der Waals surface area contributed by atoms with Gasteiger partial charge in [0.1, 0.15) is 18.9 Å². The number of quaternary nitrogens is 1. The quantitative estimate of drug-likeness (QED) is 0.504. The lowest BCUT2D eigenvalue weighted by molar-refractivity contribution is -0.932. The Morgan fingerprint density at radius 3 is 2.58 bits per heavy atom. The molecule has 1 aliphatic heterocycles. The number of nitrogens with zero attached hydrogens (tertiary/aromatic N) is 2. The smallest absolute Gasteiger partial charge is 0.261 e. The summed E-state index contributed by atoms with van der Waals surface area (Å²) in [6.07, 6.45) is 0. The number of aromatic nitrogens is 2. The third kappa shape index (κ3) is 4.04. The Labute approximate surface area is 180 Å². The lowest BCUT2D eigenvalue weighted by Gasteiger charge is -2.25. The fourth-order valence-corrected chi connectivity index (χ4v) is 5.12. The zero-order valence-electron chi connectivity index (χ0n) is 16.8. The van der Waals surface area contributed by atoms with Gasteiger partial charge in [0.15, 0.2) is 5.82 Å². The van der Waals surface area contributed by atoms with E-state index in [0.29, 0.717) is 5.69 Å². The Kier molecular flexibility index (Phi) is 4.95. The van der Waals surface area contributed by atoms with Gasteiger partial charge in [-0.3, -0.25) is 4.72 Å². The van der Waals surface area contributed by atoms with Crippen LogP contribution < -0.4 is 9.62 Å². The van der Waals surface area contributed by atoms with Crippen LogP contribution in [0.25, 0.3) is 11.0 Å². The average molecular weight is 438 g/mol. The van der Waals surface area contributed by atoms with E-state index < -0.39 is 15.8 Å². The highest BCUT2D eigenvalue weighted by molar-refractivity contribution is 7.92. The van der Waals surface area contributed by atoms with Crippen molar-refractivity contribution in [1.82, 2.24) is 9.55 Å². The summed E-state index contributed by atoms with van der Waals surface area (Å²) in [6, 6.07) is 20.6. The van der Waals surface area contributed by atoms with Crippen LogP contribution in [0, 0.1) is 5.82 Å². The first-order valence-electron chi connectivity index (χ1n) is 10.1. The first-order valence-corrected chi connectivity index (χ1v) is 11.6. The highest BCUT2D eigenvalue weighted by Crippen LogP contribution is 2.23. The zero-order chi connectivity index (χ0) is 21.4. The summed E-state index contributed by atoms with van der Waals surface area (Å²) in [4.78, 5) is 6.24. The minimum absolute atomic E-state index is 0.0123. The maximum Gasteiger partial charge on any atom is 0.261 e. The summed E-state index contributed by atoms with van der Waals surface area (Å²) in [5.41, 5.74) is 3.49. The number of anilines is 1. The van der Waals surface area contributed by atoms with Crippen LogP contribution in [0.2, 0.25) is 0 Å². The number of nitrogens with one attached hydrogen (secondary N) is 2. The topological polar surface area (TPSA) is 68.4 Å². The molecule has 1 atom stereocenters. The Morgan fingerprint density at radius 2 is 1.81 bits per heavy atom. The van der Waals surface area contributed by atoms with Crippen LogP contribution in [-0.2, 0) is 29.7 Å². The lowest BCUT2D eigenvalue weighted by Crippen LogP contribution is -3.10. The standard InChI is InChI=1S/C23H21FN4O2S/c24-18-6-9-20(10-7-18)31(29,30)26-19-8-11-22-21(14-19)25-23-16-27(12-13-28(22)23)15-17-4-2-1-3-5-17/h1-11,14,26H,12-13,15-16H2/p+1. The molecule has 1 unspecified atom stereocenters. The molecule has 0 radical (unpaired) electrons. The molecule has 0 saturated heterocycles. The Balaban J connectivity index is 1.37. The fourth-order valence-electron chi connectivity index (χ4n) is 4.07. The SMILES string of the molecule is O=S(=O)(Nc1ccc2c(c1)nc1n2CC[NH+](Cc2ccccc2)C1)c1ccc(F)cc1. The van der Waals surface area contributed by atoms with Crippen LogP contribution in [-0.4, -0.2) is 24.5 Å². The van der Waals surface area contributed by atoms with Crippen molar-refractivity contribution in [3.8, 4) is 0 Å². The molecular formula is C23H22FN4O2S+. The summed E-state index contributed by atoms with van der Waals surface area (Å²) in [6.45, 7) is 3.65. The van der Waals surface area contributed by atoms with Gasteiger partial charge in [-0.05, 0) is 42.5 Å². The van der Waals surface area contributed by atoms with Crippen LogP contribution >= 0.6 is 0 Å². The molecule has 0 saturated carbocycles. The van der Waals surface area contributed by atoms with E-state index in [2.05, 4.69) is 33.6 Å². The molecular weight excluding hydrogens is 415 g/mol. The second-order valence-electron chi connectivity index (χ2n) is 7.78. The van der Waals surface area contributed by atoms with Gasteiger partial charge < -0.3 is 9.47 Å². The van der Waals surface area contributed by atoms with Crippen molar-refractivity contribution in [2.24, 2.45) is 0 Å². The van der Waals surface area contributed by atoms with E-state index in [1.54, 1.807) is 12.1 Å². The molecule has 2 N–H and O–H groups in total. The van der Waals surface area contributed by atoms with E-state index >= 15 is 0 Å². The van der Waals surface area contributed by atoms with E-state index in [1.165, 1.54) is 22.6 Å². The monoisotopic (exact) mass is 437 g/mol. The zero-order valence-corrected chi connectivity index (χ0v) is 17.6. The molecule has 0 bridgehead atoms. The molecule has 0 amide bonds. The maximum atomic E-state index is 13.1. The van der Waals surface area contributed by atoms with Crippen molar-refractivity contribution >= 4 is 26.7 Å². The Bertz CT molecular complexity index is 1340. The lowest BCUT2D eigenvalue weighted by atomic mass is 10.2. The third-order valence-electron chi connectivity index (χ3n) is 5.60. The van der Waals surface area contributed by atoms with Crippen LogP contribution in [0.4, 0.5) is 10.1 Å². The molecule has 4 aromatic rings. The first-order chi connectivity index (χ1) is 15.0. The second-order valence-corrected chi connectivity index (χ2v) is 9.46. The predicted octanol–water partition coefficient (Wildman–Crippen LogP) is 2.57. The van der Waals surface area contributed by atoms with Gasteiger partial charge >= 0.3 is 0 Å². The molecule has 6 nitrogen and oxygen atoms in total. The first kappa shape index (κ1) is 19.7. The molecule has 5 rings (SSSR count). The number of fused-ring (bicyclic) bond motifs is 3. The van der Waals surface area contributed by atoms with Crippen molar-refractivity contribution in [1.29, 1.82) is 0 Å². The van der Waals surface area contributed by atoms with Gasteiger partial charge in [-0.1, -0.05) is 30.3 Å². The number of halogens is 1. The van der Waals surface area contributed by atoms with Crippen molar-refractivity contribution < 1.29 is 17.7 Å².